The fourth-order valence-corrected chi connectivity index (χ4v) is 3.24. The zero-order valence-electron chi connectivity index (χ0n) is 16.8. The summed E-state index contributed by atoms with van der Waals surface area (Å²) in [5.74, 6) is -0.707. The Kier molecular flexibility index (Phi) is 7.26. The van der Waals surface area contributed by atoms with E-state index in [1.165, 1.54) is 43.5 Å². The number of hydrogen-bond acceptors (Lipinski definition) is 3. The number of rotatable bonds is 7. The summed E-state index contributed by atoms with van der Waals surface area (Å²) < 4.78 is 31.9. The first-order chi connectivity index (χ1) is 14.9. The van der Waals surface area contributed by atoms with Crippen molar-refractivity contribution in [2.45, 2.75) is 6.42 Å². The minimum absolute atomic E-state index is 0.265. The van der Waals surface area contributed by atoms with E-state index in [0.717, 1.165) is 16.7 Å². The van der Waals surface area contributed by atoms with Gasteiger partial charge < -0.3 is 15.8 Å². The number of nitrogens with two attached hydrogens (primary N) is 1. The summed E-state index contributed by atoms with van der Waals surface area (Å²) in [7, 11) is 1.44. The van der Waals surface area contributed by atoms with Crippen LogP contribution in [0.2, 0.25) is 5.02 Å². The molecule has 0 unspecified atom stereocenters. The zero-order valence-corrected chi connectivity index (χ0v) is 17.5. The fraction of sp³-hybridized carbons (Fsp3) is 0.125. The van der Waals surface area contributed by atoms with Crippen molar-refractivity contribution in [1.82, 2.24) is 5.32 Å². The van der Waals surface area contributed by atoms with Crippen LogP contribution in [-0.2, 0) is 0 Å². The maximum Gasteiger partial charge on any atom is 0.255 e. The van der Waals surface area contributed by atoms with Crippen LogP contribution in [0.5, 0.6) is 5.75 Å². The van der Waals surface area contributed by atoms with Crippen molar-refractivity contribution in [2.75, 3.05) is 19.4 Å². The minimum atomic E-state index is -0.350. The van der Waals surface area contributed by atoms with E-state index in [9.17, 15) is 13.6 Å². The lowest BCUT2D eigenvalue weighted by molar-refractivity contribution is 0.0951. The predicted octanol–water partition coefficient (Wildman–Crippen LogP) is 5.46. The average Bonchev–Trinajstić information content (AvgIpc) is 2.77. The second-order valence-electron chi connectivity index (χ2n) is 6.75. The number of nitrogen functional groups attached to an aromatic ring is 1. The van der Waals surface area contributed by atoms with Gasteiger partial charge in [-0.3, -0.25) is 4.79 Å². The number of amides is 1. The van der Waals surface area contributed by atoms with Gasteiger partial charge in [-0.25, -0.2) is 8.78 Å². The van der Waals surface area contributed by atoms with Crippen LogP contribution in [0.1, 0.15) is 27.9 Å². The Bertz CT molecular complexity index is 1050. The average molecular weight is 443 g/mol. The highest BCUT2D eigenvalue weighted by Crippen LogP contribution is 2.29. The van der Waals surface area contributed by atoms with Gasteiger partial charge in [0.05, 0.1) is 23.4 Å². The van der Waals surface area contributed by atoms with Crippen LogP contribution in [0.15, 0.2) is 66.7 Å². The van der Waals surface area contributed by atoms with Crippen molar-refractivity contribution in [3.05, 3.63) is 100 Å². The first kappa shape index (κ1) is 22.3. The Morgan fingerprint density at radius 1 is 1.03 bits per heavy atom. The Morgan fingerprint density at radius 3 is 2.10 bits per heavy atom. The lowest BCUT2D eigenvalue weighted by atomic mass is 9.97. The normalized spacial score (nSPS) is 10.5. The minimum Gasteiger partial charge on any atom is -0.496 e. The SMILES string of the molecule is COc1cc(N)c(Cl)cc1C(=O)NCCC=C(c1ccc(F)cc1)c1ccc(F)cc1. The molecule has 3 N–H and O–H groups in total. The van der Waals surface area contributed by atoms with Gasteiger partial charge in [-0.15, -0.1) is 0 Å². The van der Waals surface area contributed by atoms with Crippen LogP contribution in [-0.4, -0.2) is 19.6 Å². The molecule has 0 aliphatic heterocycles. The van der Waals surface area contributed by atoms with E-state index in [2.05, 4.69) is 5.32 Å². The first-order valence-electron chi connectivity index (χ1n) is 9.52. The molecule has 1 amide bonds. The van der Waals surface area contributed by atoms with Crippen LogP contribution in [0.3, 0.4) is 0 Å². The van der Waals surface area contributed by atoms with Crippen molar-refractivity contribution < 1.29 is 18.3 Å². The molecule has 0 aliphatic carbocycles. The number of ether oxygens (including phenoxy) is 1. The third-order valence-corrected chi connectivity index (χ3v) is 4.98. The molecule has 3 aromatic carbocycles. The first-order valence-corrected chi connectivity index (χ1v) is 9.90. The quantitative estimate of drug-likeness (QED) is 0.377. The molecule has 0 fully saturated rings. The highest BCUT2D eigenvalue weighted by molar-refractivity contribution is 6.33. The Labute approximate surface area is 184 Å². The van der Waals surface area contributed by atoms with Gasteiger partial charge in [-0.2, -0.15) is 0 Å². The number of halogens is 3. The van der Waals surface area contributed by atoms with Gasteiger partial charge in [0.15, 0.2) is 0 Å². The van der Waals surface area contributed by atoms with Crippen LogP contribution < -0.4 is 15.8 Å². The summed E-state index contributed by atoms with van der Waals surface area (Å²) in [6.45, 7) is 0.329. The van der Waals surface area contributed by atoms with Gasteiger partial charge in [0.2, 0.25) is 0 Å². The number of hydrogen-bond donors (Lipinski definition) is 2. The summed E-state index contributed by atoms with van der Waals surface area (Å²) in [6, 6.07) is 15.1. The molecule has 0 saturated heterocycles. The van der Waals surface area contributed by atoms with Gasteiger partial charge in [0.1, 0.15) is 17.4 Å². The molecule has 4 nitrogen and oxygen atoms in total. The summed E-state index contributed by atoms with van der Waals surface area (Å²) >= 11 is 6.02. The maximum atomic E-state index is 13.3. The van der Waals surface area contributed by atoms with Crippen LogP contribution in [0.4, 0.5) is 14.5 Å². The monoisotopic (exact) mass is 442 g/mol. The van der Waals surface area contributed by atoms with Gasteiger partial charge in [-0.05, 0) is 53.5 Å². The number of carbonyl (C=O) groups is 1. The second-order valence-corrected chi connectivity index (χ2v) is 7.16. The summed E-state index contributed by atoms with van der Waals surface area (Å²) in [5, 5.41) is 3.08. The fourth-order valence-electron chi connectivity index (χ4n) is 3.07. The molecular formula is C24H21ClF2N2O2. The molecule has 0 spiro atoms. The third kappa shape index (κ3) is 5.61. The summed E-state index contributed by atoms with van der Waals surface area (Å²) in [6.07, 6.45) is 2.40. The van der Waals surface area contributed by atoms with Crippen molar-refractivity contribution in [3.63, 3.8) is 0 Å². The van der Waals surface area contributed by atoms with E-state index in [1.54, 1.807) is 24.3 Å². The van der Waals surface area contributed by atoms with E-state index in [4.69, 9.17) is 22.1 Å². The molecule has 0 radical (unpaired) electrons. The molecule has 3 rings (SSSR count). The largest absolute Gasteiger partial charge is 0.496 e. The Morgan fingerprint density at radius 2 is 1.58 bits per heavy atom. The van der Waals surface area contributed by atoms with Gasteiger partial charge >= 0.3 is 0 Å². The highest BCUT2D eigenvalue weighted by atomic mass is 35.5. The topological polar surface area (TPSA) is 64.3 Å². The molecule has 160 valence electrons. The summed E-state index contributed by atoms with van der Waals surface area (Å²) in [5.41, 5.74) is 8.73. The van der Waals surface area contributed by atoms with Crippen molar-refractivity contribution in [3.8, 4) is 5.75 Å². The van der Waals surface area contributed by atoms with Crippen LogP contribution in [0.25, 0.3) is 5.57 Å². The van der Waals surface area contributed by atoms with E-state index >= 15 is 0 Å². The van der Waals surface area contributed by atoms with Crippen molar-refractivity contribution in [2.24, 2.45) is 0 Å². The second kappa shape index (κ2) is 10.1. The molecule has 0 heterocycles. The Balaban J connectivity index is 1.76. The van der Waals surface area contributed by atoms with Crippen molar-refractivity contribution in [1.29, 1.82) is 0 Å². The zero-order chi connectivity index (χ0) is 22.4. The number of methoxy groups -OCH3 is 1. The van der Waals surface area contributed by atoms with E-state index in [-0.39, 0.29) is 28.1 Å². The van der Waals surface area contributed by atoms with Crippen molar-refractivity contribution >= 4 is 28.8 Å². The summed E-state index contributed by atoms with van der Waals surface area (Å²) in [4.78, 5) is 12.6. The number of anilines is 1. The molecule has 0 bridgehead atoms. The molecule has 0 atom stereocenters. The molecule has 31 heavy (non-hydrogen) atoms. The standard InChI is InChI=1S/C24H21ClF2N2O2/c1-31-23-14-22(28)21(25)13-20(23)24(30)29-12-2-3-19(15-4-8-17(26)9-5-15)16-6-10-18(27)11-7-16/h3-11,13-14H,2,12,28H2,1H3,(H,29,30). The Hall–Kier alpha value is -3.38. The van der Waals surface area contributed by atoms with E-state index in [1.807, 2.05) is 6.08 Å². The van der Waals surface area contributed by atoms with Gasteiger partial charge in [-0.1, -0.05) is 41.9 Å². The third-order valence-electron chi connectivity index (χ3n) is 4.65. The molecule has 0 saturated carbocycles. The lowest BCUT2D eigenvalue weighted by Gasteiger charge is -2.12. The molecule has 0 aliphatic rings. The highest BCUT2D eigenvalue weighted by Gasteiger charge is 2.14. The predicted molar refractivity (Wildman–Crippen MR) is 119 cm³/mol. The number of nitrogens with one attached hydrogen (secondary N) is 1. The number of carbonyl (C=O) groups excluding carboxylic acids is 1. The molecule has 7 heteroatoms. The van der Waals surface area contributed by atoms with Crippen LogP contribution in [0, 0.1) is 11.6 Å². The number of benzene rings is 3. The maximum absolute atomic E-state index is 13.3. The van der Waals surface area contributed by atoms with E-state index in [0.29, 0.717) is 24.4 Å². The van der Waals surface area contributed by atoms with Gasteiger partial charge in [0, 0.05) is 12.6 Å². The molecular weight excluding hydrogens is 422 g/mol. The molecule has 3 aromatic rings. The van der Waals surface area contributed by atoms with Crippen LogP contribution >= 0.6 is 11.6 Å². The van der Waals surface area contributed by atoms with E-state index < -0.39 is 0 Å². The smallest absolute Gasteiger partial charge is 0.255 e. The lowest BCUT2D eigenvalue weighted by Crippen LogP contribution is -2.24. The molecule has 0 aromatic heterocycles. The van der Waals surface area contributed by atoms with Gasteiger partial charge in [0.25, 0.3) is 5.91 Å².